The van der Waals surface area contributed by atoms with Crippen LogP contribution in [0.15, 0.2) is 6.33 Å². The van der Waals surface area contributed by atoms with E-state index in [-0.39, 0.29) is 22.8 Å². The second-order valence-electron chi connectivity index (χ2n) is 4.85. The van der Waals surface area contributed by atoms with Gasteiger partial charge < -0.3 is 31.5 Å². The van der Waals surface area contributed by atoms with Gasteiger partial charge in [-0.05, 0) is 0 Å². The average molecular weight is 310 g/mol. The average Bonchev–Trinajstić information content (AvgIpc) is 3.02. The molecule has 1 unspecified atom stereocenters. The van der Waals surface area contributed by atoms with Gasteiger partial charge in [0.05, 0.1) is 12.9 Å². The van der Waals surface area contributed by atoms with Crippen molar-refractivity contribution in [3.05, 3.63) is 12.2 Å². The number of primary amides is 1. The van der Waals surface area contributed by atoms with Crippen molar-refractivity contribution >= 4 is 22.9 Å². The Morgan fingerprint density at radius 1 is 1.36 bits per heavy atom. The van der Waals surface area contributed by atoms with E-state index in [9.17, 15) is 15.0 Å². The van der Waals surface area contributed by atoms with Gasteiger partial charge in [-0.3, -0.25) is 9.36 Å². The lowest BCUT2D eigenvalue weighted by atomic mass is 10.1. The normalized spacial score (nSPS) is 28.3. The number of amides is 1. The Morgan fingerprint density at radius 2 is 2.09 bits per heavy atom. The van der Waals surface area contributed by atoms with Crippen LogP contribution in [0.1, 0.15) is 16.8 Å². The van der Waals surface area contributed by atoms with Gasteiger partial charge in [-0.2, -0.15) is 0 Å². The molecule has 11 heteroatoms. The minimum absolute atomic E-state index is 0.0516. The number of fused-ring (bicyclic) bond motifs is 1. The van der Waals surface area contributed by atoms with Crippen LogP contribution in [0.2, 0.25) is 0 Å². The number of nitrogen functional groups attached to an aromatic ring is 1. The van der Waals surface area contributed by atoms with E-state index in [1.54, 1.807) is 0 Å². The van der Waals surface area contributed by atoms with Crippen molar-refractivity contribution in [3.63, 3.8) is 0 Å². The van der Waals surface area contributed by atoms with E-state index in [2.05, 4.69) is 15.0 Å². The van der Waals surface area contributed by atoms with E-state index in [0.29, 0.717) is 0 Å². The van der Waals surface area contributed by atoms with E-state index >= 15 is 0 Å². The molecule has 11 nitrogen and oxygen atoms in total. The maximum Gasteiger partial charge on any atom is 0.286 e. The molecule has 0 spiro atoms. The van der Waals surface area contributed by atoms with Crippen molar-refractivity contribution in [2.24, 2.45) is 5.73 Å². The van der Waals surface area contributed by atoms with E-state index in [4.69, 9.17) is 21.3 Å². The number of hydrogen-bond donors (Lipinski definition) is 5. The fourth-order valence-electron chi connectivity index (χ4n) is 2.34. The summed E-state index contributed by atoms with van der Waals surface area (Å²) in [6.07, 6.45) is -3.31. The monoisotopic (exact) mass is 310 g/mol. The summed E-state index contributed by atoms with van der Waals surface area (Å²) in [5, 5.41) is 28.9. The Hall–Kier alpha value is -2.34. The molecule has 1 aliphatic rings. The predicted octanol–water partition coefficient (Wildman–Crippen LogP) is -2.88. The van der Waals surface area contributed by atoms with Crippen LogP contribution in [0.25, 0.3) is 11.2 Å². The SMILES string of the molecule is NC(=O)c1nc(N)c2ncn([C@@H]3O[C@H](CO)C(O)[C@@H]3O)c2n1. The standard InChI is InChI=1S/C11H14N6O5/c12-7-4-10(16-9(15-7)8(13)21)17(2-14-4)11-6(20)5(19)3(1-18)22-11/h2-3,5-6,11,18-20H,1H2,(H2,13,21)(H2,12,15,16)/t3-,5?,6+,11-/m1/s1. The number of nitrogens with two attached hydrogens (primary N) is 2. The molecule has 1 aliphatic heterocycles. The van der Waals surface area contributed by atoms with Gasteiger partial charge in [-0.15, -0.1) is 0 Å². The van der Waals surface area contributed by atoms with Crippen molar-refractivity contribution < 1.29 is 24.9 Å². The smallest absolute Gasteiger partial charge is 0.286 e. The first-order valence-corrected chi connectivity index (χ1v) is 6.36. The molecular formula is C11H14N6O5. The highest BCUT2D eigenvalue weighted by Crippen LogP contribution is 2.31. The Labute approximate surface area is 123 Å². The predicted molar refractivity (Wildman–Crippen MR) is 71.3 cm³/mol. The molecule has 3 heterocycles. The number of nitrogens with zero attached hydrogens (tertiary/aromatic N) is 4. The second-order valence-corrected chi connectivity index (χ2v) is 4.85. The van der Waals surface area contributed by atoms with Crippen LogP contribution in [0.4, 0.5) is 5.82 Å². The molecule has 1 fully saturated rings. The van der Waals surface area contributed by atoms with E-state index in [1.807, 2.05) is 0 Å². The summed E-state index contributed by atoms with van der Waals surface area (Å²) in [7, 11) is 0. The van der Waals surface area contributed by atoms with Crippen molar-refractivity contribution in [1.29, 1.82) is 0 Å². The number of rotatable bonds is 3. The highest BCUT2D eigenvalue weighted by atomic mass is 16.6. The van der Waals surface area contributed by atoms with Crippen LogP contribution >= 0.6 is 0 Å². The maximum atomic E-state index is 11.2. The molecule has 0 aromatic carbocycles. The van der Waals surface area contributed by atoms with Crippen LogP contribution in [0.5, 0.6) is 0 Å². The summed E-state index contributed by atoms with van der Waals surface area (Å²) in [6.45, 7) is -0.467. The molecule has 1 saturated heterocycles. The number of anilines is 1. The Morgan fingerprint density at radius 3 is 2.68 bits per heavy atom. The number of aliphatic hydroxyl groups is 3. The Balaban J connectivity index is 2.10. The van der Waals surface area contributed by atoms with Crippen LogP contribution in [-0.4, -0.2) is 65.7 Å². The third kappa shape index (κ3) is 2.07. The number of hydrogen-bond acceptors (Lipinski definition) is 9. The fraction of sp³-hybridized carbons (Fsp3) is 0.455. The summed E-state index contributed by atoms with van der Waals surface area (Å²) in [5.74, 6) is -1.23. The van der Waals surface area contributed by atoms with E-state index in [1.165, 1.54) is 10.9 Å². The molecule has 3 rings (SSSR count). The Bertz CT molecular complexity index is 733. The number of ether oxygens (including phenoxy) is 1. The van der Waals surface area contributed by atoms with Crippen LogP contribution in [0, 0.1) is 0 Å². The summed E-state index contributed by atoms with van der Waals surface area (Å²) < 4.78 is 6.68. The second kappa shape index (κ2) is 5.14. The van der Waals surface area contributed by atoms with Gasteiger partial charge in [0.2, 0.25) is 5.82 Å². The van der Waals surface area contributed by atoms with Gasteiger partial charge in [0.15, 0.2) is 17.7 Å². The summed E-state index contributed by atoms with van der Waals surface area (Å²) in [4.78, 5) is 22.9. The van der Waals surface area contributed by atoms with E-state index < -0.39 is 37.1 Å². The van der Waals surface area contributed by atoms with Gasteiger partial charge in [-0.1, -0.05) is 0 Å². The molecule has 7 N–H and O–H groups in total. The minimum atomic E-state index is -1.32. The lowest BCUT2D eigenvalue weighted by Gasteiger charge is -2.16. The van der Waals surface area contributed by atoms with Gasteiger partial charge in [0.1, 0.15) is 23.8 Å². The molecular weight excluding hydrogens is 296 g/mol. The van der Waals surface area contributed by atoms with Gasteiger partial charge in [0, 0.05) is 0 Å². The number of carbonyl (C=O) groups excluding carboxylic acids is 1. The van der Waals surface area contributed by atoms with Crippen LogP contribution < -0.4 is 11.5 Å². The zero-order chi connectivity index (χ0) is 16.0. The van der Waals surface area contributed by atoms with Crippen LogP contribution in [-0.2, 0) is 4.74 Å². The molecule has 0 radical (unpaired) electrons. The van der Waals surface area contributed by atoms with Gasteiger partial charge in [-0.25, -0.2) is 15.0 Å². The quantitative estimate of drug-likeness (QED) is 0.397. The van der Waals surface area contributed by atoms with E-state index in [0.717, 1.165) is 0 Å². The molecule has 2 aromatic rings. The molecule has 0 aliphatic carbocycles. The van der Waals surface area contributed by atoms with Crippen molar-refractivity contribution in [3.8, 4) is 0 Å². The molecule has 2 aromatic heterocycles. The first-order chi connectivity index (χ1) is 10.4. The maximum absolute atomic E-state index is 11.2. The Kier molecular flexibility index (Phi) is 3.41. The largest absolute Gasteiger partial charge is 0.394 e. The van der Waals surface area contributed by atoms with Gasteiger partial charge >= 0.3 is 0 Å². The lowest BCUT2D eigenvalue weighted by Crippen LogP contribution is -2.33. The molecule has 22 heavy (non-hydrogen) atoms. The first-order valence-electron chi connectivity index (χ1n) is 6.36. The summed E-state index contributed by atoms with van der Waals surface area (Å²) in [5.41, 5.74) is 11.1. The van der Waals surface area contributed by atoms with Crippen molar-refractivity contribution in [2.45, 2.75) is 24.5 Å². The minimum Gasteiger partial charge on any atom is -0.394 e. The number of imidazole rings is 1. The summed E-state index contributed by atoms with van der Waals surface area (Å²) >= 11 is 0. The van der Waals surface area contributed by atoms with Gasteiger partial charge in [0.25, 0.3) is 5.91 Å². The zero-order valence-corrected chi connectivity index (χ0v) is 11.2. The lowest BCUT2D eigenvalue weighted by molar-refractivity contribution is -0.0511. The third-order valence-electron chi connectivity index (χ3n) is 3.46. The van der Waals surface area contributed by atoms with Crippen molar-refractivity contribution in [1.82, 2.24) is 19.5 Å². The highest BCUT2D eigenvalue weighted by molar-refractivity contribution is 5.92. The highest BCUT2D eigenvalue weighted by Gasteiger charge is 2.44. The summed E-state index contributed by atoms with van der Waals surface area (Å²) in [6, 6.07) is 0. The molecule has 4 atom stereocenters. The molecule has 118 valence electrons. The number of carbonyl (C=O) groups is 1. The topological polar surface area (TPSA) is 183 Å². The number of aliphatic hydroxyl groups excluding tert-OH is 3. The zero-order valence-electron chi connectivity index (χ0n) is 11.2. The fourth-order valence-corrected chi connectivity index (χ4v) is 2.34. The molecule has 0 saturated carbocycles. The molecule has 1 amide bonds. The van der Waals surface area contributed by atoms with Crippen molar-refractivity contribution in [2.75, 3.05) is 12.3 Å². The number of aromatic nitrogens is 4. The molecule has 0 bridgehead atoms. The first kappa shape index (κ1) is 14.6. The third-order valence-corrected chi connectivity index (χ3v) is 3.46. The van der Waals surface area contributed by atoms with Crippen LogP contribution in [0.3, 0.4) is 0 Å².